The van der Waals surface area contributed by atoms with Crippen molar-refractivity contribution in [1.82, 2.24) is 5.32 Å². The largest absolute Gasteiger partial charge is 0.316 e. The zero-order valence-corrected chi connectivity index (χ0v) is 12.3. The quantitative estimate of drug-likeness (QED) is 0.835. The van der Waals surface area contributed by atoms with Crippen LogP contribution in [0.4, 0.5) is 0 Å². The van der Waals surface area contributed by atoms with Gasteiger partial charge in [0, 0.05) is 0 Å². The molecule has 1 aliphatic rings. The van der Waals surface area contributed by atoms with Gasteiger partial charge in [0.1, 0.15) is 0 Å². The molecule has 1 saturated heterocycles. The maximum Gasteiger partial charge on any atom is -0.00173 e. The van der Waals surface area contributed by atoms with E-state index in [1.54, 1.807) is 5.56 Å². The van der Waals surface area contributed by atoms with Gasteiger partial charge in [-0.25, -0.2) is 0 Å². The van der Waals surface area contributed by atoms with E-state index in [0.717, 1.165) is 5.92 Å². The molecule has 100 valence electrons. The molecule has 0 amide bonds. The van der Waals surface area contributed by atoms with Crippen molar-refractivity contribution < 1.29 is 0 Å². The lowest BCUT2D eigenvalue weighted by Crippen LogP contribution is -2.31. The van der Waals surface area contributed by atoms with Gasteiger partial charge in [-0.3, -0.25) is 0 Å². The molecule has 1 atom stereocenters. The topological polar surface area (TPSA) is 12.0 Å². The summed E-state index contributed by atoms with van der Waals surface area (Å²) in [7, 11) is 0. The molecule has 0 spiro atoms. The van der Waals surface area contributed by atoms with Crippen LogP contribution in [0.5, 0.6) is 0 Å². The molecule has 1 unspecified atom stereocenters. The molecule has 0 saturated carbocycles. The van der Waals surface area contributed by atoms with Crippen LogP contribution in [-0.2, 0) is 11.8 Å². The molecule has 0 aromatic heterocycles. The van der Waals surface area contributed by atoms with E-state index in [4.69, 9.17) is 0 Å². The number of rotatable bonds is 2. The molecule has 1 aromatic carbocycles. The van der Waals surface area contributed by atoms with Crippen molar-refractivity contribution in [3.63, 3.8) is 0 Å². The van der Waals surface area contributed by atoms with Crippen molar-refractivity contribution in [3.05, 3.63) is 34.9 Å². The maximum atomic E-state index is 3.52. The summed E-state index contributed by atoms with van der Waals surface area (Å²) in [4.78, 5) is 0. The summed E-state index contributed by atoms with van der Waals surface area (Å²) < 4.78 is 0. The highest BCUT2D eigenvalue weighted by Crippen LogP contribution is 2.26. The molecule has 1 heteroatoms. The van der Waals surface area contributed by atoms with Crippen molar-refractivity contribution in [3.8, 4) is 0 Å². The molecule has 18 heavy (non-hydrogen) atoms. The minimum atomic E-state index is 0.257. The molecule has 1 aliphatic heterocycles. The van der Waals surface area contributed by atoms with Crippen LogP contribution in [0.15, 0.2) is 18.2 Å². The van der Waals surface area contributed by atoms with E-state index in [2.05, 4.69) is 51.2 Å². The second-order valence-electron chi connectivity index (χ2n) is 6.81. The first-order valence-corrected chi connectivity index (χ1v) is 7.27. The normalized spacial score (nSPS) is 21.0. The third-order valence-electron chi connectivity index (χ3n) is 4.12. The second-order valence-corrected chi connectivity index (χ2v) is 6.81. The summed E-state index contributed by atoms with van der Waals surface area (Å²) in [6.07, 6.45) is 3.96. The van der Waals surface area contributed by atoms with E-state index in [9.17, 15) is 0 Å². The molecule has 1 fully saturated rings. The fourth-order valence-corrected chi connectivity index (χ4v) is 2.77. The van der Waals surface area contributed by atoms with Crippen LogP contribution in [0.25, 0.3) is 0 Å². The molecule has 0 bridgehead atoms. The Morgan fingerprint density at radius 1 is 1.28 bits per heavy atom. The molecule has 1 nitrogen and oxygen atoms in total. The average molecular weight is 245 g/mol. The van der Waals surface area contributed by atoms with Crippen molar-refractivity contribution in [2.24, 2.45) is 5.92 Å². The Morgan fingerprint density at radius 2 is 2.06 bits per heavy atom. The molecule has 0 radical (unpaired) electrons. The first kappa shape index (κ1) is 13.6. The van der Waals surface area contributed by atoms with Crippen molar-refractivity contribution in [1.29, 1.82) is 0 Å². The summed E-state index contributed by atoms with van der Waals surface area (Å²) >= 11 is 0. The minimum Gasteiger partial charge on any atom is -0.316 e. The summed E-state index contributed by atoms with van der Waals surface area (Å²) in [6, 6.07) is 7.02. The summed E-state index contributed by atoms with van der Waals surface area (Å²) in [5.74, 6) is 0.827. The van der Waals surface area contributed by atoms with Crippen LogP contribution in [0.1, 0.15) is 50.3 Å². The fraction of sp³-hybridized carbons (Fsp3) is 0.647. The van der Waals surface area contributed by atoms with Gasteiger partial charge in [0.25, 0.3) is 0 Å². The number of hydrogen-bond acceptors (Lipinski definition) is 1. The molecular weight excluding hydrogens is 218 g/mol. The lowest BCUT2D eigenvalue weighted by Gasteiger charge is -2.25. The average Bonchev–Trinajstić information content (AvgIpc) is 2.32. The Kier molecular flexibility index (Phi) is 4.11. The lowest BCUT2D eigenvalue weighted by molar-refractivity contribution is 0.375. The van der Waals surface area contributed by atoms with Crippen molar-refractivity contribution in [2.75, 3.05) is 13.1 Å². The van der Waals surface area contributed by atoms with Gasteiger partial charge in [-0.15, -0.1) is 0 Å². The Balaban J connectivity index is 2.15. The lowest BCUT2D eigenvalue weighted by atomic mass is 9.83. The summed E-state index contributed by atoms with van der Waals surface area (Å²) in [5, 5.41) is 3.52. The van der Waals surface area contributed by atoms with Gasteiger partial charge in [-0.05, 0) is 67.3 Å². The van der Waals surface area contributed by atoms with Gasteiger partial charge < -0.3 is 5.32 Å². The molecule has 1 heterocycles. The van der Waals surface area contributed by atoms with Gasteiger partial charge in [-0.2, -0.15) is 0 Å². The number of benzene rings is 1. The highest BCUT2D eigenvalue weighted by molar-refractivity contribution is 5.34. The number of nitrogens with one attached hydrogen (secondary N) is 1. The maximum absolute atomic E-state index is 3.52. The van der Waals surface area contributed by atoms with E-state index in [0.29, 0.717) is 0 Å². The minimum absolute atomic E-state index is 0.257. The van der Waals surface area contributed by atoms with Gasteiger partial charge in [0.15, 0.2) is 0 Å². The standard InChI is InChI=1S/C17H27N/c1-13-7-8-16(17(2,3)4)11-15(13)10-14-6-5-9-18-12-14/h7-8,11,14,18H,5-6,9-10,12H2,1-4H3. The van der Waals surface area contributed by atoms with Crippen LogP contribution in [0, 0.1) is 12.8 Å². The third-order valence-corrected chi connectivity index (χ3v) is 4.12. The third kappa shape index (κ3) is 3.35. The Labute approximate surface area is 112 Å². The number of aryl methyl sites for hydroxylation is 1. The Morgan fingerprint density at radius 3 is 2.67 bits per heavy atom. The number of hydrogen-bond donors (Lipinski definition) is 1. The predicted molar refractivity (Wildman–Crippen MR) is 79.2 cm³/mol. The van der Waals surface area contributed by atoms with Crippen LogP contribution in [0.3, 0.4) is 0 Å². The molecule has 0 aliphatic carbocycles. The SMILES string of the molecule is Cc1ccc(C(C)(C)C)cc1CC1CCCNC1. The number of piperidine rings is 1. The van der Waals surface area contributed by atoms with Crippen molar-refractivity contribution in [2.45, 2.75) is 52.4 Å². The first-order chi connectivity index (χ1) is 8.47. The summed E-state index contributed by atoms with van der Waals surface area (Å²) in [5.41, 5.74) is 4.73. The molecule has 1 aromatic rings. The predicted octanol–water partition coefficient (Wildman–Crippen LogP) is 3.83. The zero-order valence-electron chi connectivity index (χ0n) is 12.3. The molecule has 1 N–H and O–H groups in total. The van der Waals surface area contributed by atoms with Crippen LogP contribution in [-0.4, -0.2) is 13.1 Å². The highest BCUT2D eigenvalue weighted by Gasteiger charge is 2.18. The van der Waals surface area contributed by atoms with Crippen molar-refractivity contribution >= 4 is 0 Å². The van der Waals surface area contributed by atoms with Gasteiger partial charge >= 0.3 is 0 Å². The van der Waals surface area contributed by atoms with E-state index < -0.39 is 0 Å². The van der Waals surface area contributed by atoms with E-state index in [1.165, 1.54) is 43.5 Å². The first-order valence-electron chi connectivity index (χ1n) is 7.27. The van der Waals surface area contributed by atoms with Crippen LogP contribution < -0.4 is 5.32 Å². The van der Waals surface area contributed by atoms with E-state index in [-0.39, 0.29) is 5.41 Å². The Hall–Kier alpha value is -0.820. The summed E-state index contributed by atoms with van der Waals surface area (Å²) in [6.45, 7) is 11.5. The fourth-order valence-electron chi connectivity index (χ4n) is 2.77. The van der Waals surface area contributed by atoms with Crippen LogP contribution >= 0.6 is 0 Å². The smallest absolute Gasteiger partial charge is 0.00173 e. The second kappa shape index (κ2) is 5.44. The zero-order chi connectivity index (χ0) is 13.2. The Bertz CT molecular complexity index is 395. The van der Waals surface area contributed by atoms with E-state index in [1.807, 2.05) is 0 Å². The highest BCUT2D eigenvalue weighted by atomic mass is 14.9. The van der Waals surface area contributed by atoms with Gasteiger partial charge in [0.05, 0.1) is 0 Å². The molecule has 2 rings (SSSR count). The van der Waals surface area contributed by atoms with Gasteiger partial charge in [0.2, 0.25) is 0 Å². The van der Waals surface area contributed by atoms with Gasteiger partial charge in [-0.1, -0.05) is 39.0 Å². The van der Waals surface area contributed by atoms with Crippen LogP contribution in [0.2, 0.25) is 0 Å². The molecular formula is C17H27N. The van der Waals surface area contributed by atoms with E-state index >= 15 is 0 Å². The monoisotopic (exact) mass is 245 g/mol.